The predicted molar refractivity (Wildman–Crippen MR) is 65.8 cm³/mol. The quantitative estimate of drug-likeness (QED) is 0.623. The van der Waals surface area contributed by atoms with E-state index < -0.39 is 0 Å². The van der Waals surface area contributed by atoms with Gasteiger partial charge in [-0.05, 0) is 36.4 Å². The van der Waals surface area contributed by atoms with Crippen LogP contribution in [-0.4, -0.2) is 0 Å². The molecule has 3 rings (SSSR count). The van der Waals surface area contributed by atoms with Crippen LogP contribution in [-0.2, 0) is 0 Å². The van der Waals surface area contributed by atoms with Gasteiger partial charge in [-0.1, -0.05) is 15.9 Å². The maximum absolute atomic E-state index is 5.76. The van der Waals surface area contributed by atoms with Gasteiger partial charge < -0.3 is 10.2 Å². The van der Waals surface area contributed by atoms with Crippen molar-refractivity contribution < 1.29 is 4.42 Å². The summed E-state index contributed by atoms with van der Waals surface area (Å²) in [6, 6.07) is 11.6. The number of nitrogens with two attached hydrogens (primary N) is 1. The Kier molecular flexibility index (Phi) is 1.76. The lowest BCUT2D eigenvalue weighted by Gasteiger charge is -1.92. The van der Waals surface area contributed by atoms with Gasteiger partial charge in [0.25, 0.3) is 0 Å². The van der Waals surface area contributed by atoms with Gasteiger partial charge in [0.2, 0.25) is 0 Å². The molecule has 0 saturated carbocycles. The van der Waals surface area contributed by atoms with Crippen LogP contribution in [0.2, 0.25) is 0 Å². The number of anilines is 1. The second kappa shape index (κ2) is 3.00. The summed E-state index contributed by atoms with van der Waals surface area (Å²) in [7, 11) is 0. The number of halogens is 1. The Morgan fingerprint density at radius 1 is 0.933 bits per heavy atom. The second-order valence-corrected chi connectivity index (χ2v) is 4.41. The lowest BCUT2D eigenvalue weighted by molar-refractivity contribution is 0.669. The molecule has 0 spiro atoms. The Balaban J connectivity index is 2.55. The predicted octanol–water partition coefficient (Wildman–Crippen LogP) is 3.93. The highest BCUT2D eigenvalue weighted by Gasteiger charge is 2.06. The van der Waals surface area contributed by atoms with Crippen LogP contribution in [0.3, 0.4) is 0 Å². The van der Waals surface area contributed by atoms with Crippen LogP contribution in [0.4, 0.5) is 5.69 Å². The van der Waals surface area contributed by atoms with E-state index >= 15 is 0 Å². The van der Waals surface area contributed by atoms with Crippen molar-refractivity contribution in [2.45, 2.75) is 0 Å². The van der Waals surface area contributed by atoms with Crippen LogP contribution in [0.1, 0.15) is 0 Å². The van der Waals surface area contributed by atoms with Gasteiger partial charge in [0.1, 0.15) is 11.2 Å². The molecule has 0 aliphatic heterocycles. The number of fused-ring (bicyclic) bond motifs is 3. The maximum Gasteiger partial charge on any atom is 0.135 e. The maximum atomic E-state index is 5.76. The molecular weight excluding hydrogens is 254 g/mol. The first kappa shape index (κ1) is 8.80. The molecule has 2 nitrogen and oxygen atoms in total. The zero-order chi connectivity index (χ0) is 10.4. The minimum Gasteiger partial charge on any atom is -0.456 e. The molecule has 0 radical (unpaired) electrons. The highest BCUT2D eigenvalue weighted by atomic mass is 79.9. The molecule has 15 heavy (non-hydrogen) atoms. The molecule has 74 valence electrons. The zero-order valence-corrected chi connectivity index (χ0v) is 9.41. The van der Waals surface area contributed by atoms with E-state index in [0.29, 0.717) is 0 Å². The van der Waals surface area contributed by atoms with Crippen molar-refractivity contribution in [2.75, 3.05) is 5.73 Å². The number of hydrogen-bond donors (Lipinski definition) is 1. The summed E-state index contributed by atoms with van der Waals surface area (Å²) in [6.07, 6.45) is 0. The Labute approximate surface area is 94.8 Å². The van der Waals surface area contributed by atoms with Crippen molar-refractivity contribution in [1.29, 1.82) is 0 Å². The summed E-state index contributed by atoms with van der Waals surface area (Å²) in [5.41, 5.74) is 8.27. The minimum absolute atomic E-state index is 0.755. The first-order chi connectivity index (χ1) is 7.24. The van der Waals surface area contributed by atoms with Crippen molar-refractivity contribution in [3.63, 3.8) is 0 Å². The standard InChI is InChI=1S/C12H8BrNO/c13-7-1-3-11-9(5-7)10-6-8(14)2-4-12(10)15-11/h1-6H,14H2. The summed E-state index contributed by atoms with van der Waals surface area (Å²) < 4.78 is 6.73. The highest BCUT2D eigenvalue weighted by molar-refractivity contribution is 9.10. The van der Waals surface area contributed by atoms with Gasteiger partial charge in [0.15, 0.2) is 0 Å². The molecule has 0 aliphatic rings. The zero-order valence-electron chi connectivity index (χ0n) is 7.83. The van der Waals surface area contributed by atoms with E-state index in [1.807, 2.05) is 36.4 Å². The Morgan fingerprint density at radius 2 is 1.60 bits per heavy atom. The molecule has 0 atom stereocenters. The largest absolute Gasteiger partial charge is 0.456 e. The van der Waals surface area contributed by atoms with Gasteiger partial charge in [-0.25, -0.2) is 0 Å². The number of rotatable bonds is 0. The fourth-order valence-electron chi connectivity index (χ4n) is 1.77. The minimum atomic E-state index is 0.755. The van der Waals surface area contributed by atoms with Gasteiger partial charge in [-0.2, -0.15) is 0 Å². The molecular formula is C12H8BrNO. The van der Waals surface area contributed by atoms with Crippen LogP contribution in [0, 0.1) is 0 Å². The molecule has 1 aromatic heterocycles. The molecule has 0 fully saturated rings. The molecule has 0 unspecified atom stereocenters. The Hall–Kier alpha value is -1.48. The smallest absolute Gasteiger partial charge is 0.135 e. The summed E-state index contributed by atoms with van der Waals surface area (Å²) in [5, 5.41) is 2.15. The highest BCUT2D eigenvalue weighted by Crippen LogP contribution is 2.31. The molecule has 1 heterocycles. The van der Waals surface area contributed by atoms with Crippen molar-refractivity contribution in [2.24, 2.45) is 0 Å². The third-order valence-corrected chi connectivity index (χ3v) is 2.95. The van der Waals surface area contributed by atoms with E-state index in [-0.39, 0.29) is 0 Å². The summed E-state index contributed by atoms with van der Waals surface area (Å²) in [5.74, 6) is 0. The first-order valence-electron chi connectivity index (χ1n) is 4.61. The molecule has 3 aromatic rings. The van der Waals surface area contributed by atoms with E-state index in [9.17, 15) is 0 Å². The van der Waals surface area contributed by atoms with E-state index in [1.165, 1.54) is 0 Å². The van der Waals surface area contributed by atoms with Gasteiger partial charge in [0.05, 0.1) is 0 Å². The summed E-state index contributed by atoms with van der Waals surface area (Å²) >= 11 is 3.45. The average molecular weight is 262 g/mol. The normalized spacial score (nSPS) is 11.3. The van der Waals surface area contributed by atoms with Crippen molar-refractivity contribution in [3.05, 3.63) is 40.9 Å². The average Bonchev–Trinajstić information content (AvgIpc) is 2.56. The van der Waals surface area contributed by atoms with Crippen LogP contribution < -0.4 is 5.73 Å². The van der Waals surface area contributed by atoms with Gasteiger partial charge in [0, 0.05) is 20.9 Å². The fourth-order valence-corrected chi connectivity index (χ4v) is 2.13. The lowest BCUT2D eigenvalue weighted by atomic mass is 10.1. The number of hydrogen-bond acceptors (Lipinski definition) is 2. The van der Waals surface area contributed by atoms with Crippen LogP contribution in [0.15, 0.2) is 45.3 Å². The monoisotopic (exact) mass is 261 g/mol. The summed E-state index contributed by atoms with van der Waals surface area (Å²) in [6.45, 7) is 0. The topological polar surface area (TPSA) is 39.2 Å². The van der Waals surface area contributed by atoms with Crippen LogP contribution in [0.25, 0.3) is 21.9 Å². The third kappa shape index (κ3) is 1.31. The fraction of sp³-hybridized carbons (Fsp3) is 0. The van der Waals surface area contributed by atoms with Crippen molar-refractivity contribution in [1.82, 2.24) is 0 Å². The van der Waals surface area contributed by atoms with E-state index in [2.05, 4.69) is 15.9 Å². The van der Waals surface area contributed by atoms with Crippen molar-refractivity contribution in [3.8, 4) is 0 Å². The molecule has 0 saturated heterocycles. The van der Waals surface area contributed by atoms with Crippen LogP contribution in [0.5, 0.6) is 0 Å². The summed E-state index contributed by atoms with van der Waals surface area (Å²) in [4.78, 5) is 0. The molecule has 0 bridgehead atoms. The molecule has 0 aliphatic carbocycles. The third-order valence-electron chi connectivity index (χ3n) is 2.46. The van der Waals surface area contributed by atoms with E-state index in [1.54, 1.807) is 0 Å². The SMILES string of the molecule is Nc1ccc2oc3ccc(Br)cc3c2c1. The first-order valence-corrected chi connectivity index (χ1v) is 5.40. The van der Waals surface area contributed by atoms with Crippen LogP contribution >= 0.6 is 15.9 Å². The van der Waals surface area contributed by atoms with E-state index in [0.717, 1.165) is 32.1 Å². The van der Waals surface area contributed by atoms with Gasteiger partial charge in [-0.3, -0.25) is 0 Å². The Bertz CT molecular complexity index is 601. The second-order valence-electron chi connectivity index (χ2n) is 3.50. The molecule has 3 heteroatoms. The van der Waals surface area contributed by atoms with E-state index in [4.69, 9.17) is 10.2 Å². The number of nitrogen functional groups attached to an aromatic ring is 1. The van der Waals surface area contributed by atoms with Crippen molar-refractivity contribution >= 4 is 43.6 Å². The lowest BCUT2D eigenvalue weighted by Crippen LogP contribution is -1.81. The number of furan rings is 1. The van der Waals surface area contributed by atoms with Gasteiger partial charge in [-0.15, -0.1) is 0 Å². The molecule has 2 N–H and O–H groups in total. The molecule has 0 amide bonds. The number of benzene rings is 2. The Morgan fingerprint density at radius 3 is 2.40 bits per heavy atom. The molecule has 2 aromatic carbocycles. The van der Waals surface area contributed by atoms with Gasteiger partial charge >= 0.3 is 0 Å².